The van der Waals surface area contributed by atoms with E-state index in [1.165, 1.54) is 23.5 Å². The van der Waals surface area contributed by atoms with Gasteiger partial charge in [-0.2, -0.15) is 8.42 Å². The first-order valence-corrected chi connectivity index (χ1v) is 14.4. The molecule has 0 unspecified atom stereocenters. The van der Waals surface area contributed by atoms with Crippen molar-refractivity contribution in [1.82, 2.24) is 0 Å². The Bertz CT molecular complexity index is 1270. The molecule has 3 aromatic carbocycles. The van der Waals surface area contributed by atoms with E-state index < -0.39 is 10.1 Å². The van der Waals surface area contributed by atoms with Gasteiger partial charge < -0.3 is 15.1 Å². The zero-order chi connectivity index (χ0) is 24.3. The lowest BCUT2D eigenvalue weighted by Crippen LogP contribution is -2.23. The maximum Gasteiger partial charge on any atom is 0.264 e. The zero-order valence-electron chi connectivity index (χ0n) is 18.5. The van der Waals surface area contributed by atoms with Crippen LogP contribution < -0.4 is 4.90 Å². The summed E-state index contributed by atoms with van der Waals surface area (Å²) in [5.41, 5.74) is 5.53. The van der Waals surface area contributed by atoms with Gasteiger partial charge in [0.15, 0.2) is 0 Å². The molecule has 178 valence electrons. The van der Waals surface area contributed by atoms with Crippen molar-refractivity contribution in [2.24, 2.45) is 0 Å². The second kappa shape index (κ2) is 10.4. The first-order valence-electron chi connectivity index (χ1n) is 10.6. The minimum absolute atomic E-state index is 0.136. The Labute approximate surface area is 208 Å². The summed E-state index contributed by atoms with van der Waals surface area (Å²) >= 11 is 3.03. The lowest BCUT2D eigenvalue weighted by molar-refractivity contribution is 0.475. The Morgan fingerprint density at radius 1 is 0.912 bits per heavy atom. The predicted molar refractivity (Wildman–Crippen MR) is 142 cm³/mol. The molecule has 4 rings (SSSR count). The maximum absolute atomic E-state index is 11.1. The smallest absolute Gasteiger partial charge is 0.264 e. The fraction of sp³-hybridized carbons (Fsp3) is 0.200. The van der Waals surface area contributed by atoms with E-state index in [1.807, 2.05) is 36.6 Å². The summed E-state index contributed by atoms with van der Waals surface area (Å²) in [4.78, 5) is 2.17. The molecule has 0 radical (unpaired) electrons. The first kappa shape index (κ1) is 24.5. The highest BCUT2D eigenvalue weighted by atomic mass is 32.2. The van der Waals surface area contributed by atoms with Crippen LogP contribution in [0.25, 0.3) is 5.57 Å². The van der Waals surface area contributed by atoms with Crippen LogP contribution in [0.3, 0.4) is 0 Å². The van der Waals surface area contributed by atoms with Crippen LogP contribution in [0.5, 0.6) is 11.5 Å². The summed E-state index contributed by atoms with van der Waals surface area (Å²) in [6.07, 6.45) is 2.25. The Balaban J connectivity index is 1.83. The summed E-state index contributed by atoms with van der Waals surface area (Å²) in [5.74, 6) is 0.471. The van der Waals surface area contributed by atoms with Gasteiger partial charge in [-0.15, -0.1) is 23.5 Å². The molecule has 0 fully saturated rings. The van der Waals surface area contributed by atoms with Gasteiger partial charge in [0.25, 0.3) is 10.1 Å². The molecule has 0 saturated carbocycles. The van der Waals surface area contributed by atoms with E-state index in [0.29, 0.717) is 18.7 Å². The third-order valence-corrected chi connectivity index (χ3v) is 8.63. The SMILES string of the molecule is CSC(SCCCS(=O)(=O)O)=C1c2cc(O)ccc2N(Cc2ccccc2)c2ccc(O)cc21. The second-order valence-electron chi connectivity index (χ2n) is 7.83. The number of rotatable bonds is 8. The van der Waals surface area contributed by atoms with E-state index in [-0.39, 0.29) is 17.3 Å². The number of thioether (sulfide) groups is 2. The molecule has 3 aromatic rings. The van der Waals surface area contributed by atoms with Crippen molar-refractivity contribution in [1.29, 1.82) is 0 Å². The third kappa shape index (κ3) is 5.55. The molecule has 9 heteroatoms. The Hall–Kier alpha value is -2.59. The number of phenolic OH excluding ortho intramolecular Hbond substituents is 2. The van der Waals surface area contributed by atoms with Gasteiger partial charge in [0.1, 0.15) is 11.5 Å². The molecular weight excluding hydrogens is 490 g/mol. The molecule has 34 heavy (non-hydrogen) atoms. The summed E-state index contributed by atoms with van der Waals surface area (Å²) in [6.45, 7) is 0.611. The zero-order valence-corrected chi connectivity index (χ0v) is 21.0. The molecule has 1 aliphatic rings. The van der Waals surface area contributed by atoms with Crippen molar-refractivity contribution in [3.05, 3.63) is 87.7 Å². The second-order valence-corrected chi connectivity index (χ2v) is 11.6. The predicted octanol–water partition coefficient (Wildman–Crippen LogP) is 5.84. The van der Waals surface area contributed by atoms with Gasteiger partial charge >= 0.3 is 0 Å². The minimum atomic E-state index is -4.01. The van der Waals surface area contributed by atoms with Crippen LogP contribution in [0, 0.1) is 0 Å². The summed E-state index contributed by atoms with van der Waals surface area (Å²) in [7, 11) is -4.01. The van der Waals surface area contributed by atoms with Crippen molar-refractivity contribution >= 4 is 50.6 Å². The average Bonchev–Trinajstić information content (AvgIpc) is 2.80. The largest absolute Gasteiger partial charge is 0.508 e. The Morgan fingerprint density at radius 3 is 2.03 bits per heavy atom. The molecule has 0 aromatic heterocycles. The number of hydrogen-bond acceptors (Lipinski definition) is 7. The molecule has 0 atom stereocenters. The van der Waals surface area contributed by atoms with Gasteiger partial charge in [0.2, 0.25) is 0 Å². The van der Waals surface area contributed by atoms with E-state index in [2.05, 4.69) is 17.0 Å². The molecular formula is C25H25NO5S3. The monoisotopic (exact) mass is 515 g/mol. The number of benzene rings is 3. The van der Waals surface area contributed by atoms with Crippen molar-refractivity contribution in [3.8, 4) is 11.5 Å². The van der Waals surface area contributed by atoms with E-state index in [0.717, 1.165) is 37.9 Å². The molecule has 0 amide bonds. The average molecular weight is 516 g/mol. The van der Waals surface area contributed by atoms with Gasteiger partial charge in [0, 0.05) is 38.9 Å². The summed E-state index contributed by atoms with van der Waals surface area (Å²) in [5, 5.41) is 20.7. The van der Waals surface area contributed by atoms with Crippen molar-refractivity contribution in [3.63, 3.8) is 0 Å². The van der Waals surface area contributed by atoms with Gasteiger partial charge in [-0.3, -0.25) is 4.55 Å². The molecule has 1 heterocycles. The Kier molecular flexibility index (Phi) is 7.47. The lowest BCUT2D eigenvalue weighted by Gasteiger charge is -2.35. The lowest BCUT2D eigenvalue weighted by atomic mass is 9.90. The fourth-order valence-corrected chi connectivity index (χ4v) is 6.67. The number of aromatic hydroxyl groups is 2. The van der Waals surface area contributed by atoms with Crippen molar-refractivity contribution < 1.29 is 23.2 Å². The number of fused-ring (bicyclic) bond motifs is 2. The first-order chi connectivity index (χ1) is 16.3. The molecule has 0 spiro atoms. The van der Waals surface area contributed by atoms with Gasteiger partial charge in [0.05, 0.1) is 5.75 Å². The van der Waals surface area contributed by atoms with Crippen LogP contribution in [0.4, 0.5) is 11.4 Å². The van der Waals surface area contributed by atoms with Gasteiger partial charge in [-0.1, -0.05) is 30.3 Å². The van der Waals surface area contributed by atoms with E-state index in [4.69, 9.17) is 4.55 Å². The highest BCUT2D eigenvalue weighted by Crippen LogP contribution is 2.51. The fourth-order valence-electron chi connectivity index (χ4n) is 3.99. The maximum atomic E-state index is 11.1. The normalized spacial score (nSPS) is 12.9. The van der Waals surface area contributed by atoms with Gasteiger partial charge in [-0.05, 0) is 60.4 Å². The quantitative estimate of drug-likeness (QED) is 0.254. The van der Waals surface area contributed by atoms with Crippen LogP contribution in [0.15, 0.2) is 71.0 Å². The summed E-state index contributed by atoms with van der Waals surface area (Å²) in [6, 6.07) is 20.7. The van der Waals surface area contributed by atoms with E-state index >= 15 is 0 Å². The van der Waals surface area contributed by atoms with Crippen LogP contribution in [0.1, 0.15) is 23.1 Å². The van der Waals surface area contributed by atoms with Crippen LogP contribution in [-0.4, -0.2) is 40.9 Å². The minimum Gasteiger partial charge on any atom is -0.508 e. The van der Waals surface area contributed by atoms with Crippen molar-refractivity contribution in [2.75, 3.05) is 22.7 Å². The number of nitrogens with zero attached hydrogens (tertiary/aromatic N) is 1. The number of phenols is 2. The van der Waals surface area contributed by atoms with Crippen LogP contribution in [-0.2, 0) is 16.7 Å². The molecule has 0 saturated heterocycles. The molecule has 3 N–H and O–H groups in total. The van der Waals surface area contributed by atoms with Crippen LogP contribution in [0.2, 0.25) is 0 Å². The van der Waals surface area contributed by atoms with E-state index in [9.17, 15) is 18.6 Å². The number of hydrogen-bond donors (Lipinski definition) is 3. The number of anilines is 2. The van der Waals surface area contributed by atoms with Gasteiger partial charge in [-0.25, -0.2) is 0 Å². The molecule has 1 aliphatic heterocycles. The van der Waals surface area contributed by atoms with E-state index in [1.54, 1.807) is 24.3 Å². The highest BCUT2D eigenvalue weighted by molar-refractivity contribution is 8.22. The van der Waals surface area contributed by atoms with Crippen LogP contribution >= 0.6 is 23.5 Å². The Morgan fingerprint density at radius 2 is 1.50 bits per heavy atom. The topological polar surface area (TPSA) is 98.1 Å². The molecule has 0 aliphatic carbocycles. The molecule has 0 bridgehead atoms. The highest BCUT2D eigenvalue weighted by Gasteiger charge is 2.29. The molecule has 6 nitrogen and oxygen atoms in total. The standard InChI is InChI=1S/C25H25NO5S3/c1-32-25(33-12-5-13-34(29,30)31)24-20-14-18(27)8-10-22(20)26(16-17-6-3-2-4-7-17)23-11-9-19(28)15-21(23)24/h2-4,6-11,14-15,27-28H,5,12-13,16H2,1H3,(H,29,30,31). The third-order valence-electron chi connectivity index (χ3n) is 5.43. The summed E-state index contributed by atoms with van der Waals surface area (Å²) < 4.78 is 32.2. The van der Waals surface area contributed by atoms with Crippen molar-refractivity contribution in [2.45, 2.75) is 13.0 Å².